The fourth-order valence-corrected chi connectivity index (χ4v) is 9.30. The van der Waals surface area contributed by atoms with E-state index in [-0.39, 0.29) is 0 Å². The van der Waals surface area contributed by atoms with Crippen LogP contribution in [0.3, 0.4) is 0 Å². The highest BCUT2D eigenvalue weighted by Crippen LogP contribution is 2.41. The molecule has 2 aromatic heterocycles. The molecule has 0 aliphatic carbocycles. The molecule has 0 aliphatic rings. The molecule has 0 unspecified atom stereocenters. The topological polar surface area (TPSA) is 16.4 Å². The number of hydrogen-bond acceptors (Lipinski definition) is 3. The van der Waals surface area contributed by atoms with E-state index in [4.69, 9.17) is 4.42 Å². The molecule has 11 aromatic rings. The Balaban J connectivity index is 1.000. The molecular formula is C52H33NOS. The number of anilines is 3. The lowest BCUT2D eigenvalue weighted by atomic mass is 9.97. The van der Waals surface area contributed by atoms with Crippen molar-refractivity contribution in [2.75, 3.05) is 4.90 Å². The van der Waals surface area contributed by atoms with E-state index >= 15 is 0 Å². The predicted octanol–water partition coefficient (Wildman–Crippen LogP) is 15.6. The molecule has 55 heavy (non-hydrogen) atoms. The third-order valence-corrected chi connectivity index (χ3v) is 12.0. The molecule has 2 nitrogen and oxygen atoms in total. The van der Waals surface area contributed by atoms with Crippen LogP contribution in [-0.4, -0.2) is 0 Å². The summed E-state index contributed by atoms with van der Waals surface area (Å²) >= 11 is 1.86. The van der Waals surface area contributed by atoms with Gasteiger partial charge >= 0.3 is 0 Å². The Kier molecular flexibility index (Phi) is 7.39. The molecule has 0 radical (unpaired) electrons. The molecule has 3 heteroatoms. The maximum atomic E-state index is 6.12. The largest absolute Gasteiger partial charge is 0.456 e. The first kappa shape index (κ1) is 31.6. The molecule has 258 valence electrons. The highest BCUT2D eigenvalue weighted by molar-refractivity contribution is 7.25. The summed E-state index contributed by atoms with van der Waals surface area (Å²) in [6.45, 7) is 0. The Hall–Kier alpha value is -6.94. The second-order valence-corrected chi connectivity index (χ2v) is 15.2. The first-order valence-corrected chi connectivity index (χ1v) is 19.5. The van der Waals surface area contributed by atoms with Crippen LogP contribution < -0.4 is 4.90 Å². The van der Waals surface area contributed by atoms with Crippen molar-refractivity contribution < 1.29 is 4.42 Å². The Morgan fingerprint density at radius 2 is 0.927 bits per heavy atom. The molecule has 0 saturated carbocycles. The van der Waals surface area contributed by atoms with Gasteiger partial charge in [-0.2, -0.15) is 0 Å². The van der Waals surface area contributed by atoms with E-state index in [9.17, 15) is 0 Å². The zero-order valence-corrected chi connectivity index (χ0v) is 30.6. The molecule has 0 fully saturated rings. The summed E-state index contributed by atoms with van der Waals surface area (Å²) in [5.74, 6) is 0. The van der Waals surface area contributed by atoms with Crippen LogP contribution in [0.1, 0.15) is 0 Å². The first-order valence-electron chi connectivity index (χ1n) is 18.7. The van der Waals surface area contributed by atoms with Crippen molar-refractivity contribution in [3.05, 3.63) is 200 Å². The molecule has 11 rings (SSSR count). The van der Waals surface area contributed by atoms with E-state index in [2.05, 4.69) is 193 Å². The minimum atomic E-state index is 0.908. The number of benzene rings is 9. The van der Waals surface area contributed by atoms with Crippen molar-refractivity contribution in [2.45, 2.75) is 0 Å². The summed E-state index contributed by atoms with van der Waals surface area (Å²) in [4.78, 5) is 2.37. The summed E-state index contributed by atoms with van der Waals surface area (Å²) in [6.07, 6.45) is 0. The fraction of sp³-hybridized carbons (Fsp3) is 0. The van der Waals surface area contributed by atoms with Crippen LogP contribution in [0.25, 0.3) is 86.3 Å². The number of hydrogen-bond donors (Lipinski definition) is 0. The lowest BCUT2D eigenvalue weighted by Gasteiger charge is -2.26. The monoisotopic (exact) mass is 719 g/mol. The summed E-state index contributed by atoms with van der Waals surface area (Å²) in [7, 11) is 0. The van der Waals surface area contributed by atoms with Crippen molar-refractivity contribution in [3.8, 4) is 33.4 Å². The maximum Gasteiger partial charge on any atom is 0.135 e. The molecule has 0 atom stereocenters. The summed E-state index contributed by atoms with van der Waals surface area (Å²) in [5, 5.41) is 7.41. The predicted molar refractivity (Wildman–Crippen MR) is 235 cm³/mol. The number of nitrogens with zero attached hydrogens (tertiary/aromatic N) is 1. The van der Waals surface area contributed by atoms with Crippen LogP contribution in [0.2, 0.25) is 0 Å². The average molecular weight is 720 g/mol. The van der Waals surface area contributed by atoms with Crippen LogP contribution >= 0.6 is 11.3 Å². The molecule has 2 heterocycles. The highest BCUT2D eigenvalue weighted by atomic mass is 32.1. The molecular weight excluding hydrogens is 687 g/mol. The quantitative estimate of drug-likeness (QED) is 0.170. The zero-order valence-electron chi connectivity index (χ0n) is 29.8. The number of thiophene rings is 1. The minimum Gasteiger partial charge on any atom is -0.456 e. The Labute approximate surface area is 322 Å². The average Bonchev–Trinajstić information content (AvgIpc) is 3.82. The lowest BCUT2D eigenvalue weighted by molar-refractivity contribution is 0.669. The van der Waals surface area contributed by atoms with E-state index < -0.39 is 0 Å². The summed E-state index contributed by atoms with van der Waals surface area (Å²) in [6, 6.07) is 72.3. The molecule has 0 saturated heterocycles. The van der Waals surface area contributed by atoms with Gasteiger partial charge in [-0.1, -0.05) is 133 Å². The minimum absolute atomic E-state index is 0.908. The number of furan rings is 1. The third-order valence-electron chi connectivity index (χ3n) is 10.9. The van der Waals surface area contributed by atoms with Gasteiger partial charge in [0.2, 0.25) is 0 Å². The van der Waals surface area contributed by atoms with Crippen LogP contribution in [0, 0.1) is 0 Å². The normalized spacial score (nSPS) is 11.6. The molecule has 0 bridgehead atoms. The van der Waals surface area contributed by atoms with Gasteiger partial charge < -0.3 is 9.32 Å². The second-order valence-electron chi connectivity index (χ2n) is 14.1. The lowest BCUT2D eigenvalue weighted by Crippen LogP contribution is -2.10. The molecule has 0 N–H and O–H groups in total. The standard InChI is InChI=1S/C52H33NOS/c1-2-13-43-36(9-1)10-8-16-44(43)39-11-7-12-42(31-39)53(40-25-19-34(20-26-40)37-24-30-50-48(32-37)45-14-3-5-17-49(45)54-50)41-27-21-35(22-28-41)38-23-29-47-46-15-4-6-18-51(46)55-52(47)33-38/h1-33H. The van der Waals surface area contributed by atoms with Gasteiger partial charge in [-0.3, -0.25) is 0 Å². The SMILES string of the molecule is c1cc(-c2cccc3ccccc23)cc(N(c2ccc(-c3ccc4c(c3)sc3ccccc34)cc2)c2ccc(-c3ccc4oc5ccccc5c4c3)cc2)c1. The number of para-hydroxylation sites is 1. The van der Waals surface area contributed by atoms with Crippen molar-refractivity contribution in [1.29, 1.82) is 0 Å². The van der Waals surface area contributed by atoms with Crippen LogP contribution in [-0.2, 0) is 0 Å². The maximum absolute atomic E-state index is 6.12. The molecule has 0 spiro atoms. The van der Waals surface area contributed by atoms with Gasteiger partial charge in [-0.05, 0) is 111 Å². The van der Waals surface area contributed by atoms with Crippen molar-refractivity contribution >= 4 is 81.3 Å². The van der Waals surface area contributed by atoms with E-state index in [0.29, 0.717) is 0 Å². The van der Waals surface area contributed by atoms with Crippen molar-refractivity contribution in [3.63, 3.8) is 0 Å². The van der Waals surface area contributed by atoms with Gasteiger partial charge in [0, 0.05) is 48.0 Å². The Morgan fingerprint density at radius 1 is 0.327 bits per heavy atom. The Morgan fingerprint density at radius 3 is 1.75 bits per heavy atom. The summed E-state index contributed by atoms with van der Waals surface area (Å²) in [5.41, 5.74) is 12.3. The van der Waals surface area contributed by atoms with Gasteiger partial charge in [0.15, 0.2) is 0 Å². The van der Waals surface area contributed by atoms with E-state index in [1.165, 1.54) is 53.2 Å². The zero-order chi connectivity index (χ0) is 36.3. The number of fused-ring (bicyclic) bond motifs is 7. The molecule has 0 aliphatic heterocycles. The van der Waals surface area contributed by atoms with Gasteiger partial charge in [0.05, 0.1) is 0 Å². The van der Waals surface area contributed by atoms with Crippen molar-refractivity contribution in [1.82, 2.24) is 0 Å². The highest BCUT2D eigenvalue weighted by Gasteiger charge is 2.16. The first-order chi connectivity index (χ1) is 27.2. The van der Waals surface area contributed by atoms with Crippen LogP contribution in [0.4, 0.5) is 17.1 Å². The van der Waals surface area contributed by atoms with E-state index in [1.807, 2.05) is 23.5 Å². The summed E-state index contributed by atoms with van der Waals surface area (Å²) < 4.78 is 8.76. The van der Waals surface area contributed by atoms with Gasteiger partial charge in [-0.25, -0.2) is 0 Å². The smallest absolute Gasteiger partial charge is 0.135 e. The van der Waals surface area contributed by atoms with E-state index in [0.717, 1.165) is 50.1 Å². The van der Waals surface area contributed by atoms with Gasteiger partial charge in [-0.15, -0.1) is 11.3 Å². The fourth-order valence-electron chi connectivity index (χ4n) is 8.15. The molecule has 0 amide bonds. The van der Waals surface area contributed by atoms with Gasteiger partial charge in [0.1, 0.15) is 11.2 Å². The molecule has 9 aromatic carbocycles. The van der Waals surface area contributed by atoms with E-state index in [1.54, 1.807) is 0 Å². The van der Waals surface area contributed by atoms with Crippen molar-refractivity contribution in [2.24, 2.45) is 0 Å². The Bertz CT molecular complexity index is 3200. The van der Waals surface area contributed by atoms with Crippen LogP contribution in [0.15, 0.2) is 205 Å². The second kappa shape index (κ2) is 12.9. The van der Waals surface area contributed by atoms with Gasteiger partial charge in [0.25, 0.3) is 0 Å². The van der Waals surface area contributed by atoms with Crippen LogP contribution in [0.5, 0.6) is 0 Å². The number of rotatable bonds is 6. The third kappa shape index (κ3) is 5.48.